The number of halogens is 1. The average Bonchev–Trinajstić information content (AvgIpc) is 2.25. The first-order chi connectivity index (χ1) is 7.84. The number of carboxylic acids is 1. The van der Waals surface area contributed by atoms with Crippen LogP contribution in [0.25, 0.3) is 0 Å². The minimum atomic E-state index is -1.20. The first-order valence-electron chi connectivity index (χ1n) is 4.79. The number of carboxylic acid groups (broad SMARTS) is 1. The predicted octanol–water partition coefficient (Wildman–Crippen LogP) is 0.847. The first kappa shape index (κ1) is 19.4. The zero-order valence-electron chi connectivity index (χ0n) is 9.95. The van der Waals surface area contributed by atoms with Gasteiger partial charge in [-0.1, -0.05) is 13.8 Å². The molecule has 0 aromatic rings. The Morgan fingerprint density at radius 1 is 1.28 bits per heavy atom. The number of hydrogen-bond acceptors (Lipinski definition) is 7. The zero-order valence-corrected chi connectivity index (χ0v) is 11.6. The van der Waals surface area contributed by atoms with Gasteiger partial charge in [0.05, 0.1) is 5.92 Å². The summed E-state index contributed by atoms with van der Waals surface area (Å²) in [4.78, 5) is 32.3. The van der Waals surface area contributed by atoms with Crippen molar-refractivity contribution in [3.63, 3.8) is 0 Å². The first-order valence-corrected chi connectivity index (χ1v) is 5.77. The largest absolute Gasteiger partial charge is 0.480 e. The molecule has 0 aliphatic carbocycles. The smallest absolute Gasteiger partial charge is 0.370 e. The fourth-order valence-corrected chi connectivity index (χ4v) is 1.16. The van der Waals surface area contributed by atoms with Gasteiger partial charge in [0.1, 0.15) is 6.04 Å². The molecule has 0 aliphatic heterocycles. The molecule has 0 aliphatic rings. The van der Waals surface area contributed by atoms with Gasteiger partial charge in [-0.15, -0.1) is 12.4 Å². The number of thioether (sulfide) groups is 1. The van der Waals surface area contributed by atoms with Gasteiger partial charge in [0, 0.05) is 5.75 Å². The summed E-state index contributed by atoms with van der Waals surface area (Å²) in [5.74, 6) is -2.09. The van der Waals surface area contributed by atoms with Crippen LogP contribution < -0.4 is 5.73 Å². The minimum absolute atomic E-state index is 0. The molecule has 0 spiro atoms. The van der Waals surface area contributed by atoms with Crippen LogP contribution in [0.2, 0.25) is 0 Å². The molecule has 3 N–H and O–H groups in total. The number of aliphatic carboxylic acids is 1. The van der Waals surface area contributed by atoms with Gasteiger partial charge in [-0.25, -0.2) is 4.79 Å². The number of nitrogens with two attached hydrogens (primary N) is 1. The van der Waals surface area contributed by atoms with Crippen molar-refractivity contribution in [1.29, 1.82) is 0 Å². The highest BCUT2D eigenvalue weighted by Gasteiger charge is 2.15. The Kier molecular flexibility index (Phi) is 10.7. The van der Waals surface area contributed by atoms with Gasteiger partial charge in [-0.3, -0.25) is 9.59 Å². The van der Waals surface area contributed by atoms with E-state index in [0.29, 0.717) is 11.8 Å². The summed E-state index contributed by atoms with van der Waals surface area (Å²) in [5.41, 5.74) is 5.17. The Morgan fingerprint density at radius 3 is 2.28 bits per heavy atom. The fraction of sp³-hybridized carbons (Fsp3) is 0.667. The van der Waals surface area contributed by atoms with Gasteiger partial charge in [0.25, 0.3) is 0 Å². The number of carbonyl (C=O) groups excluding carboxylic acids is 2. The minimum Gasteiger partial charge on any atom is -0.480 e. The second-order valence-corrected chi connectivity index (χ2v) is 4.34. The standard InChI is InChI=1S/C9H15NO6S.ClH/c1-5(2)8(13)15-4-16-9(14)17-3-6(10)7(11)12;/h5-6H,3-4,10H2,1-2H3,(H,11,12);1H/t6-;/m0./s1. The maximum atomic E-state index is 11.0. The lowest BCUT2D eigenvalue weighted by Gasteiger charge is -2.08. The topological polar surface area (TPSA) is 116 Å². The number of carbonyl (C=O) groups is 3. The number of ether oxygens (including phenoxy) is 2. The third-order valence-corrected chi connectivity index (χ3v) is 2.43. The van der Waals surface area contributed by atoms with Crippen LogP contribution >= 0.6 is 24.2 Å². The van der Waals surface area contributed by atoms with Gasteiger partial charge in [-0.05, 0) is 11.8 Å². The Bertz CT molecular complexity index is 299. The van der Waals surface area contributed by atoms with Crippen molar-refractivity contribution in [2.45, 2.75) is 19.9 Å². The van der Waals surface area contributed by atoms with E-state index in [1.165, 1.54) is 0 Å². The van der Waals surface area contributed by atoms with Gasteiger partial charge in [0.15, 0.2) is 0 Å². The predicted molar refractivity (Wildman–Crippen MR) is 67.6 cm³/mol. The summed E-state index contributed by atoms with van der Waals surface area (Å²) in [5, 5.41) is 7.71. The highest BCUT2D eigenvalue weighted by molar-refractivity contribution is 8.13. The van der Waals surface area contributed by atoms with Crippen molar-refractivity contribution < 1.29 is 29.0 Å². The Morgan fingerprint density at radius 2 is 1.83 bits per heavy atom. The van der Waals surface area contributed by atoms with Crippen molar-refractivity contribution in [2.24, 2.45) is 11.7 Å². The molecule has 0 unspecified atom stereocenters. The lowest BCUT2D eigenvalue weighted by atomic mass is 10.2. The summed E-state index contributed by atoms with van der Waals surface area (Å²) in [6.45, 7) is 2.81. The molecule has 1 atom stereocenters. The second-order valence-electron chi connectivity index (χ2n) is 3.39. The molecular formula is C9H16ClNO6S. The van der Waals surface area contributed by atoms with E-state index in [9.17, 15) is 14.4 Å². The van der Waals surface area contributed by atoms with Crippen molar-refractivity contribution in [3.05, 3.63) is 0 Å². The molecule has 0 fully saturated rings. The van der Waals surface area contributed by atoms with Crippen LogP contribution in [0, 0.1) is 5.92 Å². The van der Waals surface area contributed by atoms with Crippen LogP contribution in [0.4, 0.5) is 4.79 Å². The normalized spacial score (nSPS) is 11.3. The molecule has 0 amide bonds. The van der Waals surface area contributed by atoms with Gasteiger partial charge < -0.3 is 20.3 Å². The van der Waals surface area contributed by atoms with Crippen LogP contribution in [0.1, 0.15) is 13.8 Å². The van der Waals surface area contributed by atoms with Gasteiger partial charge in [0.2, 0.25) is 6.79 Å². The Hall–Kier alpha value is -0.990. The van der Waals surface area contributed by atoms with E-state index in [-0.39, 0.29) is 24.1 Å². The molecule has 18 heavy (non-hydrogen) atoms. The van der Waals surface area contributed by atoms with E-state index < -0.39 is 30.1 Å². The fourth-order valence-electron chi connectivity index (χ4n) is 0.573. The maximum absolute atomic E-state index is 11.0. The molecular weight excluding hydrogens is 286 g/mol. The van der Waals surface area contributed by atoms with Crippen LogP contribution in [0.15, 0.2) is 0 Å². The van der Waals surface area contributed by atoms with Crippen molar-refractivity contribution in [3.8, 4) is 0 Å². The molecule has 9 heteroatoms. The van der Waals surface area contributed by atoms with E-state index in [4.69, 9.17) is 10.8 Å². The molecule has 0 aromatic carbocycles. The quantitative estimate of drug-likeness (QED) is 0.548. The van der Waals surface area contributed by atoms with Crippen molar-refractivity contribution in [2.75, 3.05) is 12.5 Å². The van der Waals surface area contributed by atoms with Crippen LogP contribution in [0.3, 0.4) is 0 Å². The van der Waals surface area contributed by atoms with Gasteiger partial charge >= 0.3 is 17.2 Å². The molecule has 0 aromatic heterocycles. The highest BCUT2D eigenvalue weighted by Crippen LogP contribution is 2.07. The van der Waals surface area contributed by atoms with E-state index in [2.05, 4.69) is 9.47 Å². The molecule has 0 saturated carbocycles. The van der Waals surface area contributed by atoms with E-state index in [1.807, 2.05) is 0 Å². The summed E-state index contributed by atoms with van der Waals surface area (Å²) >= 11 is 0.615. The third kappa shape index (κ3) is 9.08. The molecule has 0 rings (SSSR count). The summed E-state index contributed by atoms with van der Waals surface area (Å²) in [6.07, 6.45) is 0. The lowest BCUT2D eigenvalue weighted by molar-refractivity contribution is -0.155. The third-order valence-electron chi connectivity index (χ3n) is 1.55. The molecule has 0 radical (unpaired) electrons. The monoisotopic (exact) mass is 301 g/mol. The number of esters is 1. The number of rotatable bonds is 6. The number of hydrogen-bond donors (Lipinski definition) is 2. The summed E-state index contributed by atoms with van der Waals surface area (Å²) in [7, 11) is 0. The van der Waals surface area contributed by atoms with Crippen LogP contribution in [0.5, 0.6) is 0 Å². The zero-order chi connectivity index (χ0) is 13.4. The van der Waals surface area contributed by atoms with Crippen molar-refractivity contribution >= 4 is 41.4 Å². The van der Waals surface area contributed by atoms with E-state index in [0.717, 1.165) is 0 Å². The second kappa shape index (κ2) is 9.98. The highest BCUT2D eigenvalue weighted by atomic mass is 35.5. The van der Waals surface area contributed by atoms with Crippen molar-refractivity contribution in [1.82, 2.24) is 0 Å². The summed E-state index contributed by atoms with van der Waals surface area (Å²) < 4.78 is 9.11. The van der Waals surface area contributed by atoms with Gasteiger partial charge in [-0.2, -0.15) is 0 Å². The maximum Gasteiger partial charge on any atom is 0.370 e. The van der Waals surface area contributed by atoms with Crippen LogP contribution in [-0.2, 0) is 19.1 Å². The lowest BCUT2D eigenvalue weighted by Crippen LogP contribution is -2.33. The molecule has 106 valence electrons. The molecule has 0 saturated heterocycles. The average molecular weight is 302 g/mol. The van der Waals surface area contributed by atoms with E-state index in [1.54, 1.807) is 13.8 Å². The summed E-state index contributed by atoms with van der Waals surface area (Å²) in [6, 6.07) is -1.13. The molecule has 0 heterocycles. The Balaban J connectivity index is 0. The molecule has 7 nitrogen and oxygen atoms in total. The Labute approximate surface area is 115 Å². The van der Waals surface area contributed by atoms with Crippen LogP contribution in [-0.4, -0.2) is 40.9 Å². The SMILES string of the molecule is CC(C)C(=O)OCOC(=O)SC[C@H](N)C(=O)O.Cl. The van der Waals surface area contributed by atoms with E-state index >= 15 is 0 Å². The molecule has 0 bridgehead atoms.